The summed E-state index contributed by atoms with van der Waals surface area (Å²) >= 11 is 1.60. The van der Waals surface area contributed by atoms with Gasteiger partial charge in [-0.1, -0.05) is 60.7 Å². The Balaban J connectivity index is 1.82. The van der Waals surface area contributed by atoms with Gasteiger partial charge in [0, 0.05) is 30.2 Å². The molecule has 4 heteroatoms. The number of rotatable bonds is 6. The number of hydrogen-bond acceptors (Lipinski definition) is 4. The highest BCUT2D eigenvalue weighted by Crippen LogP contribution is 2.48. The van der Waals surface area contributed by atoms with Crippen molar-refractivity contribution < 1.29 is 9.84 Å². The number of benzene rings is 3. The molecule has 4 aromatic rings. The number of ether oxygens (including phenoxy) is 1. The average molecular weight is 428 g/mol. The Labute approximate surface area is 187 Å². The summed E-state index contributed by atoms with van der Waals surface area (Å²) in [7, 11) is 5.71. The fourth-order valence-electron chi connectivity index (χ4n) is 3.43. The van der Waals surface area contributed by atoms with Crippen molar-refractivity contribution in [2.24, 2.45) is 0 Å². The van der Waals surface area contributed by atoms with Gasteiger partial charge in [0.2, 0.25) is 0 Å². The molecule has 0 fully saturated rings. The molecule has 0 unspecified atom stereocenters. The fourth-order valence-corrected chi connectivity index (χ4v) is 4.55. The Morgan fingerprint density at radius 2 is 1.45 bits per heavy atom. The standard InChI is InChI=1S/C27H25NO2S/c1-28(2)22-14-10-21(11-15-22)27-25(20-12-16-23(30-3)17-13-20)26(29)24(31-27)18-9-19-7-5-4-6-8-19/h4-18,29H,1-3H3/b18-9+. The quantitative estimate of drug-likeness (QED) is 0.358. The molecule has 1 aromatic heterocycles. The Morgan fingerprint density at radius 1 is 0.806 bits per heavy atom. The van der Waals surface area contributed by atoms with Gasteiger partial charge in [0.1, 0.15) is 11.5 Å². The van der Waals surface area contributed by atoms with E-state index in [1.165, 1.54) is 0 Å². The monoisotopic (exact) mass is 427 g/mol. The zero-order valence-corrected chi connectivity index (χ0v) is 18.7. The summed E-state index contributed by atoms with van der Waals surface area (Å²) in [6, 6.07) is 26.4. The molecule has 1 heterocycles. The Morgan fingerprint density at radius 3 is 2.06 bits per heavy atom. The second kappa shape index (κ2) is 9.11. The van der Waals surface area contributed by atoms with Gasteiger partial charge >= 0.3 is 0 Å². The van der Waals surface area contributed by atoms with E-state index in [9.17, 15) is 5.11 Å². The highest BCUT2D eigenvalue weighted by atomic mass is 32.1. The SMILES string of the molecule is COc1ccc(-c2c(-c3ccc(N(C)C)cc3)sc(/C=C/c3ccccc3)c2O)cc1. The lowest BCUT2D eigenvalue weighted by Crippen LogP contribution is -2.07. The lowest BCUT2D eigenvalue weighted by molar-refractivity contribution is 0.415. The minimum Gasteiger partial charge on any atom is -0.506 e. The number of hydrogen-bond donors (Lipinski definition) is 1. The van der Waals surface area contributed by atoms with Gasteiger partial charge in [-0.3, -0.25) is 0 Å². The van der Waals surface area contributed by atoms with Gasteiger partial charge < -0.3 is 14.7 Å². The van der Waals surface area contributed by atoms with Crippen molar-refractivity contribution in [1.29, 1.82) is 0 Å². The molecular formula is C27H25NO2S. The molecule has 0 saturated heterocycles. The van der Waals surface area contributed by atoms with E-state index in [2.05, 4.69) is 29.2 Å². The van der Waals surface area contributed by atoms with Crippen molar-refractivity contribution >= 4 is 29.2 Å². The normalized spacial score (nSPS) is 11.1. The molecule has 0 bridgehead atoms. The molecule has 3 aromatic carbocycles. The lowest BCUT2D eigenvalue weighted by atomic mass is 10.0. The van der Waals surface area contributed by atoms with Crippen LogP contribution in [0.1, 0.15) is 10.4 Å². The Hall–Kier alpha value is -3.50. The fraction of sp³-hybridized carbons (Fsp3) is 0.111. The van der Waals surface area contributed by atoms with E-state index in [0.29, 0.717) is 5.75 Å². The number of anilines is 1. The summed E-state index contributed by atoms with van der Waals surface area (Å²) < 4.78 is 5.30. The molecule has 0 radical (unpaired) electrons. The molecular weight excluding hydrogens is 402 g/mol. The van der Waals surface area contributed by atoms with Gasteiger partial charge in [-0.05, 0) is 47.0 Å². The minimum atomic E-state index is 0.300. The zero-order valence-electron chi connectivity index (χ0n) is 17.9. The van der Waals surface area contributed by atoms with E-state index in [1.54, 1.807) is 18.4 Å². The lowest BCUT2D eigenvalue weighted by Gasteiger charge is -2.13. The van der Waals surface area contributed by atoms with Crippen LogP contribution in [-0.4, -0.2) is 26.3 Å². The number of nitrogens with zero attached hydrogens (tertiary/aromatic N) is 1. The van der Waals surface area contributed by atoms with Crippen LogP contribution in [0.4, 0.5) is 5.69 Å². The zero-order chi connectivity index (χ0) is 21.8. The van der Waals surface area contributed by atoms with Crippen LogP contribution in [-0.2, 0) is 0 Å². The molecule has 0 aliphatic rings. The highest BCUT2D eigenvalue weighted by molar-refractivity contribution is 7.17. The molecule has 156 valence electrons. The maximum Gasteiger partial charge on any atom is 0.142 e. The van der Waals surface area contributed by atoms with Gasteiger partial charge in [0.15, 0.2) is 0 Å². The molecule has 4 rings (SSSR count). The van der Waals surface area contributed by atoms with Crippen LogP contribution < -0.4 is 9.64 Å². The summed E-state index contributed by atoms with van der Waals surface area (Å²) in [5.74, 6) is 1.09. The minimum absolute atomic E-state index is 0.300. The third-order valence-electron chi connectivity index (χ3n) is 5.16. The van der Waals surface area contributed by atoms with Crippen molar-refractivity contribution in [3.8, 4) is 33.1 Å². The molecule has 0 spiro atoms. The van der Waals surface area contributed by atoms with Crippen molar-refractivity contribution in [2.45, 2.75) is 0 Å². The van der Waals surface area contributed by atoms with Crippen LogP contribution >= 0.6 is 11.3 Å². The molecule has 3 nitrogen and oxygen atoms in total. The molecule has 31 heavy (non-hydrogen) atoms. The molecule has 0 aliphatic heterocycles. The van der Waals surface area contributed by atoms with E-state index >= 15 is 0 Å². The van der Waals surface area contributed by atoms with Crippen molar-refractivity contribution in [2.75, 3.05) is 26.1 Å². The molecule has 0 atom stereocenters. The predicted molar refractivity (Wildman–Crippen MR) is 133 cm³/mol. The van der Waals surface area contributed by atoms with Crippen molar-refractivity contribution in [3.63, 3.8) is 0 Å². The van der Waals surface area contributed by atoms with E-state index in [4.69, 9.17) is 4.74 Å². The van der Waals surface area contributed by atoms with E-state index < -0.39 is 0 Å². The van der Waals surface area contributed by atoms with Crippen LogP contribution in [0.25, 0.3) is 33.7 Å². The molecule has 0 amide bonds. The van der Waals surface area contributed by atoms with Gasteiger partial charge in [-0.2, -0.15) is 0 Å². The smallest absolute Gasteiger partial charge is 0.142 e. The predicted octanol–water partition coefficient (Wildman–Crippen LogP) is 7.03. The van der Waals surface area contributed by atoms with Gasteiger partial charge in [0.05, 0.1) is 12.0 Å². The Bertz CT molecular complexity index is 1170. The highest BCUT2D eigenvalue weighted by Gasteiger charge is 2.19. The summed E-state index contributed by atoms with van der Waals surface area (Å²) in [6.07, 6.45) is 4.02. The van der Waals surface area contributed by atoms with Crippen LogP contribution in [0.5, 0.6) is 11.5 Å². The van der Waals surface area contributed by atoms with Gasteiger partial charge in [-0.25, -0.2) is 0 Å². The first-order chi connectivity index (χ1) is 15.1. The third kappa shape index (κ3) is 4.49. The largest absolute Gasteiger partial charge is 0.506 e. The average Bonchev–Trinajstić information content (AvgIpc) is 3.14. The third-order valence-corrected chi connectivity index (χ3v) is 6.35. The molecule has 0 saturated carbocycles. The van der Waals surface area contributed by atoms with E-state index in [-0.39, 0.29) is 0 Å². The van der Waals surface area contributed by atoms with Gasteiger partial charge in [0.25, 0.3) is 0 Å². The van der Waals surface area contributed by atoms with E-state index in [1.807, 2.05) is 80.8 Å². The number of aromatic hydroxyl groups is 1. The topological polar surface area (TPSA) is 32.7 Å². The molecule has 1 N–H and O–H groups in total. The molecule has 0 aliphatic carbocycles. The van der Waals surface area contributed by atoms with Crippen LogP contribution in [0.15, 0.2) is 78.9 Å². The van der Waals surface area contributed by atoms with Crippen LogP contribution in [0, 0.1) is 0 Å². The van der Waals surface area contributed by atoms with Crippen molar-refractivity contribution in [1.82, 2.24) is 0 Å². The Kier molecular flexibility index (Phi) is 6.10. The summed E-state index contributed by atoms with van der Waals surface area (Å²) in [5, 5.41) is 11.2. The van der Waals surface area contributed by atoms with E-state index in [0.717, 1.165) is 43.4 Å². The number of thiophene rings is 1. The summed E-state index contributed by atoms with van der Waals surface area (Å²) in [4.78, 5) is 3.95. The first-order valence-electron chi connectivity index (χ1n) is 10.1. The van der Waals surface area contributed by atoms with Crippen LogP contribution in [0.3, 0.4) is 0 Å². The first-order valence-corrected chi connectivity index (χ1v) is 10.9. The second-order valence-electron chi connectivity index (χ2n) is 7.43. The maximum atomic E-state index is 11.2. The summed E-state index contributed by atoms with van der Waals surface area (Å²) in [5.41, 5.74) is 5.12. The maximum absolute atomic E-state index is 11.2. The van der Waals surface area contributed by atoms with Gasteiger partial charge in [-0.15, -0.1) is 11.3 Å². The second-order valence-corrected chi connectivity index (χ2v) is 8.49. The number of methoxy groups -OCH3 is 1. The first kappa shape index (κ1) is 20.8. The van der Waals surface area contributed by atoms with Crippen LogP contribution in [0.2, 0.25) is 0 Å². The van der Waals surface area contributed by atoms with Crippen molar-refractivity contribution in [3.05, 3.63) is 89.3 Å². The summed E-state index contributed by atoms with van der Waals surface area (Å²) in [6.45, 7) is 0.